The maximum absolute atomic E-state index is 12.5. The molecule has 5 nitrogen and oxygen atoms in total. The van der Waals surface area contributed by atoms with Gasteiger partial charge in [-0.1, -0.05) is 12.1 Å². The molecule has 0 spiro atoms. The molecule has 4 atom stereocenters. The average molecular weight is 326 g/mol. The fraction of sp³-hybridized carbons (Fsp3) is 0.579. The van der Waals surface area contributed by atoms with Crippen LogP contribution in [0.15, 0.2) is 24.3 Å². The molecule has 2 saturated carbocycles. The second-order valence-corrected chi connectivity index (χ2v) is 7.24. The van der Waals surface area contributed by atoms with Crippen molar-refractivity contribution in [3.8, 4) is 0 Å². The molecule has 1 aromatic carbocycles. The van der Waals surface area contributed by atoms with Gasteiger partial charge in [-0.3, -0.25) is 4.79 Å². The molecule has 2 aromatic rings. The highest BCUT2D eigenvalue weighted by Gasteiger charge is 2.48. The number of hydrogen-bond acceptors (Lipinski definition) is 3. The molecule has 2 aliphatic rings. The van der Waals surface area contributed by atoms with E-state index in [2.05, 4.69) is 22.9 Å². The first-order valence-corrected chi connectivity index (χ1v) is 9.16. The van der Waals surface area contributed by atoms with Crippen molar-refractivity contribution in [3.63, 3.8) is 0 Å². The lowest BCUT2D eigenvalue weighted by molar-refractivity contribution is -0.127. The van der Waals surface area contributed by atoms with Crippen LogP contribution in [0.1, 0.15) is 32.0 Å². The van der Waals surface area contributed by atoms with E-state index in [1.165, 1.54) is 12.8 Å². The number of hydrogen-bond donors (Lipinski definition) is 2. The van der Waals surface area contributed by atoms with Crippen molar-refractivity contribution in [2.24, 2.45) is 23.5 Å². The Balaban J connectivity index is 1.40. The van der Waals surface area contributed by atoms with Crippen molar-refractivity contribution in [1.29, 1.82) is 0 Å². The summed E-state index contributed by atoms with van der Waals surface area (Å²) in [5.41, 5.74) is 8.45. The molecule has 4 rings (SSSR count). The lowest BCUT2D eigenvalue weighted by Crippen LogP contribution is -2.45. The van der Waals surface area contributed by atoms with Crippen LogP contribution in [0.25, 0.3) is 11.0 Å². The van der Waals surface area contributed by atoms with E-state index >= 15 is 0 Å². The van der Waals surface area contributed by atoms with Crippen molar-refractivity contribution in [2.75, 3.05) is 6.54 Å². The topological polar surface area (TPSA) is 72.9 Å². The van der Waals surface area contributed by atoms with E-state index in [0.29, 0.717) is 18.4 Å². The van der Waals surface area contributed by atoms with Crippen molar-refractivity contribution >= 4 is 16.9 Å². The summed E-state index contributed by atoms with van der Waals surface area (Å²) in [7, 11) is 0. The van der Waals surface area contributed by atoms with Crippen LogP contribution in [0.2, 0.25) is 0 Å². The van der Waals surface area contributed by atoms with Crippen LogP contribution in [0, 0.1) is 17.8 Å². The Kier molecular flexibility index (Phi) is 4.04. The van der Waals surface area contributed by atoms with E-state index in [9.17, 15) is 4.79 Å². The van der Waals surface area contributed by atoms with Crippen LogP contribution in [-0.2, 0) is 17.8 Å². The van der Waals surface area contributed by atoms with Gasteiger partial charge in [-0.2, -0.15) is 0 Å². The second kappa shape index (κ2) is 6.20. The zero-order valence-electron chi connectivity index (χ0n) is 14.2. The summed E-state index contributed by atoms with van der Waals surface area (Å²) in [6.45, 7) is 3.65. The third-order valence-corrected chi connectivity index (χ3v) is 5.98. The van der Waals surface area contributed by atoms with Crippen LogP contribution < -0.4 is 11.1 Å². The van der Waals surface area contributed by atoms with Gasteiger partial charge in [-0.05, 0) is 50.2 Å². The molecule has 128 valence electrons. The lowest BCUT2D eigenvalue weighted by Gasteiger charge is -2.27. The third kappa shape index (κ3) is 2.51. The Morgan fingerprint density at radius 2 is 2.12 bits per heavy atom. The minimum Gasteiger partial charge on any atom is -0.355 e. The SMILES string of the molecule is CCn1c(CCNC(=O)C2C3CCC(C3)C2N)nc2ccccc21. The summed E-state index contributed by atoms with van der Waals surface area (Å²) in [6.07, 6.45) is 4.27. The van der Waals surface area contributed by atoms with Gasteiger partial charge >= 0.3 is 0 Å². The average Bonchev–Trinajstić information content (AvgIpc) is 3.26. The summed E-state index contributed by atoms with van der Waals surface area (Å²) in [5.74, 6) is 2.28. The van der Waals surface area contributed by atoms with Gasteiger partial charge in [0.15, 0.2) is 0 Å². The number of nitrogens with two attached hydrogens (primary N) is 1. The smallest absolute Gasteiger partial charge is 0.224 e. The minimum absolute atomic E-state index is 0.0220. The number of fused-ring (bicyclic) bond motifs is 3. The van der Waals surface area contributed by atoms with Gasteiger partial charge < -0.3 is 15.6 Å². The molecule has 1 aromatic heterocycles. The van der Waals surface area contributed by atoms with Gasteiger partial charge in [-0.25, -0.2) is 4.98 Å². The fourth-order valence-corrected chi connectivity index (χ4v) is 4.81. The quantitative estimate of drug-likeness (QED) is 0.883. The summed E-state index contributed by atoms with van der Waals surface area (Å²) >= 11 is 0. The van der Waals surface area contributed by atoms with Gasteiger partial charge in [-0.15, -0.1) is 0 Å². The van der Waals surface area contributed by atoms with E-state index in [1.807, 2.05) is 18.2 Å². The van der Waals surface area contributed by atoms with Gasteiger partial charge in [0.05, 0.1) is 17.0 Å². The number of carbonyl (C=O) groups excluding carboxylic acids is 1. The molecule has 0 radical (unpaired) electrons. The second-order valence-electron chi connectivity index (χ2n) is 7.24. The number of aromatic nitrogens is 2. The molecule has 1 amide bonds. The van der Waals surface area contributed by atoms with Crippen LogP contribution in [0.5, 0.6) is 0 Å². The molecular formula is C19H26N4O. The van der Waals surface area contributed by atoms with Crippen LogP contribution in [0.3, 0.4) is 0 Å². The minimum atomic E-state index is 0.0220. The van der Waals surface area contributed by atoms with Crippen molar-refractivity contribution in [3.05, 3.63) is 30.1 Å². The maximum atomic E-state index is 12.5. The Morgan fingerprint density at radius 1 is 1.33 bits per heavy atom. The van der Waals surface area contributed by atoms with Gasteiger partial charge in [0.25, 0.3) is 0 Å². The number of benzene rings is 1. The zero-order valence-corrected chi connectivity index (χ0v) is 14.2. The van der Waals surface area contributed by atoms with Crippen LogP contribution >= 0.6 is 0 Å². The highest BCUT2D eigenvalue weighted by atomic mass is 16.1. The largest absolute Gasteiger partial charge is 0.355 e. The monoisotopic (exact) mass is 326 g/mol. The number of imidazole rings is 1. The van der Waals surface area contributed by atoms with Crippen molar-refractivity contribution in [1.82, 2.24) is 14.9 Å². The van der Waals surface area contributed by atoms with E-state index in [1.54, 1.807) is 0 Å². The Bertz CT molecular complexity index is 751. The van der Waals surface area contributed by atoms with Gasteiger partial charge in [0.2, 0.25) is 5.91 Å². The highest BCUT2D eigenvalue weighted by molar-refractivity contribution is 5.80. The molecule has 3 N–H and O–H groups in total. The first-order chi connectivity index (χ1) is 11.7. The standard InChI is InChI=1S/C19H26N4O/c1-2-23-15-6-4-3-5-14(15)22-16(23)9-10-21-19(24)17-12-7-8-13(11-12)18(17)20/h3-6,12-13,17-18H,2,7-11,20H2,1H3,(H,21,24). The molecule has 1 heterocycles. The lowest BCUT2D eigenvalue weighted by atomic mass is 9.84. The number of rotatable bonds is 5. The molecule has 0 aliphatic heterocycles. The summed E-state index contributed by atoms with van der Waals surface area (Å²) < 4.78 is 2.23. The number of carbonyl (C=O) groups is 1. The highest BCUT2D eigenvalue weighted by Crippen LogP contribution is 2.47. The molecule has 2 bridgehead atoms. The number of para-hydroxylation sites is 2. The molecule has 4 unspecified atom stereocenters. The molecular weight excluding hydrogens is 300 g/mol. The van der Waals surface area contributed by atoms with Crippen LogP contribution in [0.4, 0.5) is 0 Å². The fourth-order valence-electron chi connectivity index (χ4n) is 4.81. The number of nitrogens with zero attached hydrogens (tertiary/aromatic N) is 2. The Labute approximate surface area is 142 Å². The third-order valence-electron chi connectivity index (χ3n) is 5.98. The van der Waals surface area contributed by atoms with E-state index in [-0.39, 0.29) is 17.9 Å². The van der Waals surface area contributed by atoms with Gasteiger partial charge in [0, 0.05) is 25.6 Å². The normalized spacial score (nSPS) is 28.6. The zero-order chi connectivity index (χ0) is 16.7. The van der Waals surface area contributed by atoms with Gasteiger partial charge in [0.1, 0.15) is 5.82 Å². The predicted octanol–water partition coefficient (Wildman–Crippen LogP) is 2.09. The summed E-state index contributed by atoms with van der Waals surface area (Å²) in [4.78, 5) is 17.3. The van der Waals surface area contributed by atoms with Crippen LogP contribution in [-0.4, -0.2) is 28.0 Å². The van der Waals surface area contributed by atoms with E-state index < -0.39 is 0 Å². The summed E-state index contributed by atoms with van der Waals surface area (Å²) in [5, 5.41) is 3.11. The first kappa shape index (κ1) is 15.6. The molecule has 2 aliphatic carbocycles. The Morgan fingerprint density at radius 3 is 2.88 bits per heavy atom. The van der Waals surface area contributed by atoms with Crippen molar-refractivity contribution in [2.45, 2.75) is 45.2 Å². The van der Waals surface area contributed by atoms with E-state index in [0.717, 1.165) is 36.2 Å². The molecule has 0 saturated heterocycles. The first-order valence-electron chi connectivity index (χ1n) is 9.16. The Hall–Kier alpha value is -1.88. The predicted molar refractivity (Wildman–Crippen MR) is 94.4 cm³/mol. The van der Waals surface area contributed by atoms with Crippen molar-refractivity contribution < 1.29 is 4.79 Å². The molecule has 2 fully saturated rings. The maximum Gasteiger partial charge on any atom is 0.224 e. The van der Waals surface area contributed by atoms with E-state index in [4.69, 9.17) is 10.7 Å². The summed E-state index contributed by atoms with van der Waals surface area (Å²) in [6, 6.07) is 8.25. The molecule has 5 heteroatoms. The number of nitrogens with one attached hydrogen (secondary N) is 1. The number of amides is 1. The molecule has 24 heavy (non-hydrogen) atoms. The number of aryl methyl sites for hydroxylation is 1.